The number of amides is 5. The van der Waals surface area contributed by atoms with Crippen molar-refractivity contribution >= 4 is 35.7 Å². The maximum atomic E-state index is 14.2. The third kappa shape index (κ3) is 8.45. The maximum Gasteiger partial charge on any atom is 0.409 e. The van der Waals surface area contributed by atoms with E-state index in [1.807, 2.05) is 0 Å². The highest BCUT2D eigenvalue weighted by Crippen LogP contribution is 2.29. The zero-order valence-electron chi connectivity index (χ0n) is 27.4. The summed E-state index contributed by atoms with van der Waals surface area (Å²) in [5.41, 5.74) is -0.123. The first-order valence-corrected chi connectivity index (χ1v) is 16.2. The number of carbonyl (C=O) groups is 6. The van der Waals surface area contributed by atoms with Crippen LogP contribution in [0.5, 0.6) is 5.88 Å². The number of likely N-dealkylation sites (N-methyl/N-ethyl adjacent to an activating group) is 1. The van der Waals surface area contributed by atoms with Gasteiger partial charge in [0.05, 0.1) is 18.7 Å². The van der Waals surface area contributed by atoms with Crippen LogP contribution in [0.25, 0.3) is 5.69 Å². The zero-order chi connectivity index (χ0) is 35.2. The predicted molar refractivity (Wildman–Crippen MR) is 168 cm³/mol. The average molecular weight is 686 g/mol. The van der Waals surface area contributed by atoms with E-state index in [4.69, 9.17) is 9.47 Å². The van der Waals surface area contributed by atoms with Gasteiger partial charge in [0.1, 0.15) is 17.9 Å². The second kappa shape index (κ2) is 15.3. The predicted octanol–water partition coefficient (Wildman–Crippen LogP) is 0.876. The van der Waals surface area contributed by atoms with E-state index in [0.29, 0.717) is 19.4 Å². The SMILES string of the molecule is CCOC(=O)N1CCN(C(=O)[C@H](CC(=O)O)NC(=O)c2cc(OCC(=O)N3CCC[C@H]3C(=O)N(C)C3CC3)n(-c3cccc(F)c3)n2)CC1. The van der Waals surface area contributed by atoms with Crippen LogP contribution < -0.4 is 10.1 Å². The molecule has 0 spiro atoms. The minimum atomic E-state index is -1.47. The first kappa shape index (κ1) is 35.1. The molecule has 5 rings (SSSR count). The van der Waals surface area contributed by atoms with Crippen LogP contribution in [-0.4, -0.2) is 141 Å². The Hall–Kier alpha value is -5.22. The highest BCUT2D eigenvalue weighted by Gasteiger charge is 2.40. The summed E-state index contributed by atoms with van der Waals surface area (Å²) in [4.78, 5) is 82.8. The molecular weight excluding hydrogens is 645 g/mol. The standard InChI is InChI=1S/C32H40FN7O9/c1-3-48-32(47)38-14-12-37(13-15-38)30(45)24(18-28(42)43)34-29(44)23-17-27(40(35-23)22-7-4-6-20(33)16-22)49-19-26(41)39-11-5-8-25(39)31(46)36(2)21-9-10-21/h4,6-7,16-17,21,24-25H,3,5,8-15,18-19H2,1-2H3,(H,34,44)(H,42,43)/t24-,25-/m0/s1. The van der Waals surface area contributed by atoms with Crippen LogP contribution >= 0.6 is 0 Å². The highest BCUT2D eigenvalue weighted by atomic mass is 19.1. The number of halogens is 1. The molecule has 1 aromatic carbocycles. The van der Waals surface area contributed by atoms with Crippen LogP contribution in [0.3, 0.4) is 0 Å². The lowest BCUT2D eigenvalue weighted by Crippen LogP contribution is -2.56. The van der Waals surface area contributed by atoms with Gasteiger partial charge in [0.15, 0.2) is 12.3 Å². The molecule has 3 heterocycles. The van der Waals surface area contributed by atoms with Crippen molar-refractivity contribution in [1.29, 1.82) is 0 Å². The normalized spacial score (nSPS) is 18.1. The van der Waals surface area contributed by atoms with Crippen molar-refractivity contribution in [2.75, 3.05) is 53.0 Å². The number of hydrogen-bond acceptors (Lipinski definition) is 9. The Labute approximate surface area is 281 Å². The van der Waals surface area contributed by atoms with Gasteiger partial charge in [-0.3, -0.25) is 24.0 Å². The number of likely N-dealkylation sites (tertiary alicyclic amines) is 1. The molecule has 17 heteroatoms. The molecule has 2 aromatic rings. The fourth-order valence-corrected chi connectivity index (χ4v) is 5.94. The van der Waals surface area contributed by atoms with Gasteiger partial charge in [0, 0.05) is 51.9 Å². The van der Waals surface area contributed by atoms with Gasteiger partial charge in [-0.2, -0.15) is 5.10 Å². The quantitative estimate of drug-likeness (QED) is 0.325. The van der Waals surface area contributed by atoms with Crippen LogP contribution in [0.4, 0.5) is 9.18 Å². The largest absolute Gasteiger partial charge is 0.481 e. The third-order valence-corrected chi connectivity index (χ3v) is 8.71. The number of carbonyl (C=O) groups excluding carboxylic acids is 5. The Kier molecular flexibility index (Phi) is 11.0. The van der Waals surface area contributed by atoms with Crippen molar-refractivity contribution in [2.24, 2.45) is 0 Å². The van der Waals surface area contributed by atoms with E-state index in [2.05, 4.69) is 10.4 Å². The number of nitrogens with one attached hydrogen (secondary N) is 1. The molecule has 2 aliphatic heterocycles. The van der Waals surface area contributed by atoms with Crippen LogP contribution in [0.2, 0.25) is 0 Å². The molecule has 1 aromatic heterocycles. The Morgan fingerprint density at radius 2 is 1.76 bits per heavy atom. The molecule has 2 saturated heterocycles. The van der Waals surface area contributed by atoms with Gasteiger partial charge in [-0.25, -0.2) is 13.9 Å². The zero-order valence-corrected chi connectivity index (χ0v) is 27.4. The number of nitrogens with zero attached hydrogens (tertiary/aromatic N) is 6. The summed E-state index contributed by atoms with van der Waals surface area (Å²) >= 11 is 0. The summed E-state index contributed by atoms with van der Waals surface area (Å²) in [6.45, 7) is 2.28. The maximum absolute atomic E-state index is 14.2. The number of aliphatic carboxylic acids is 1. The van der Waals surface area contributed by atoms with E-state index in [0.717, 1.165) is 23.6 Å². The summed E-state index contributed by atoms with van der Waals surface area (Å²) in [5.74, 6) is -4.18. The van der Waals surface area contributed by atoms with E-state index in [1.165, 1.54) is 39.0 Å². The number of ether oxygens (including phenoxy) is 2. The fraction of sp³-hybridized carbons (Fsp3) is 0.531. The monoisotopic (exact) mass is 685 g/mol. The van der Waals surface area contributed by atoms with Crippen LogP contribution in [-0.2, 0) is 23.9 Å². The van der Waals surface area contributed by atoms with E-state index in [-0.39, 0.29) is 62.0 Å². The summed E-state index contributed by atoms with van der Waals surface area (Å²) in [6.07, 6.45) is 1.81. The van der Waals surface area contributed by atoms with E-state index >= 15 is 0 Å². The first-order chi connectivity index (χ1) is 23.5. The molecule has 264 valence electrons. The average Bonchev–Trinajstić information content (AvgIpc) is 3.65. The molecule has 1 saturated carbocycles. The molecule has 0 radical (unpaired) electrons. The number of aromatic nitrogens is 2. The number of hydrogen-bond donors (Lipinski definition) is 2. The molecular formula is C32H40FN7O9. The second-order valence-electron chi connectivity index (χ2n) is 12.1. The molecule has 49 heavy (non-hydrogen) atoms. The van der Waals surface area contributed by atoms with Crippen molar-refractivity contribution in [3.05, 3.63) is 41.8 Å². The number of carboxylic acids is 1. The van der Waals surface area contributed by atoms with Crippen molar-refractivity contribution in [2.45, 2.75) is 57.2 Å². The molecule has 3 aliphatic rings. The van der Waals surface area contributed by atoms with E-state index in [9.17, 15) is 38.3 Å². The van der Waals surface area contributed by atoms with Gasteiger partial charge in [0.25, 0.3) is 11.8 Å². The first-order valence-electron chi connectivity index (χ1n) is 16.2. The molecule has 5 amide bonds. The van der Waals surface area contributed by atoms with Crippen molar-refractivity contribution in [3.63, 3.8) is 0 Å². The lowest BCUT2D eigenvalue weighted by molar-refractivity contribution is -0.144. The van der Waals surface area contributed by atoms with Gasteiger partial charge >= 0.3 is 12.1 Å². The van der Waals surface area contributed by atoms with Crippen molar-refractivity contribution < 1.29 is 47.7 Å². The summed E-state index contributed by atoms with van der Waals surface area (Å²) in [5, 5.41) is 16.2. The molecule has 2 N–H and O–H groups in total. The van der Waals surface area contributed by atoms with Gasteiger partial charge in [-0.05, 0) is 50.8 Å². The minimum Gasteiger partial charge on any atom is -0.481 e. The van der Waals surface area contributed by atoms with Crippen LogP contribution in [0.15, 0.2) is 30.3 Å². The molecule has 3 fully saturated rings. The van der Waals surface area contributed by atoms with E-state index < -0.39 is 60.7 Å². The summed E-state index contributed by atoms with van der Waals surface area (Å²) < 4.78 is 26.1. The third-order valence-electron chi connectivity index (χ3n) is 8.71. The van der Waals surface area contributed by atoms with Crippen LogP contribution in [0.1, 0.15) is 49.5 Å². The lowest BCUT2D eigenvalue weighted by Gasteiger charge is -2.35. The van der Waals surface area contributed by atoms with Gasteiger partial charge in [0.2, 0.25) is 17.7 Å². The minimum absolute atomic E-state index is 0.0996. The highest BCUT2D eigenvalue weighted by molar-refractivity contribution is 5.97. The number of benzene rings is 1. The van der Waals surface area contributed by atoms with Gasteiger partial charge < -0.3 is 39.5 Å². The van der Waals surface area contributed by atoms with Crippen molar-refractivity contribution in [3.8, 4) is 11.6 Å². The van der Waals surface area contributed by atoms with Crippen molar-refractivity contribution in [1.82, 2.24) is 34.7 Å². The number of piperazine rings is 1. The van der Waals surface area contributed by atoms with E-state index in [1.54, 1.807) is 18.9 Å². The summed E-state index contributed by atoms with van der Waals surface area (Å²) in [6, 6.07) is 4.58. The smallest absolute Gasteiger partial charge is 0.409 e. The topological polar surface area (TPSA) is 184 Å². The Morgan fingerprint density at radius 3 is 2.41 bits per heavy atom. The molecule has 2 atom stereocenters. The Bertz CT molecular complexity index is 1590. The Balaban J connectivity index is 1.30. The summed E-state index contributed by atoms with van der Waals surface area (Å²) in [7, 11) is 1.74. The second-order valence-corrected chi connectivity index (χ2v) is 12.1. The number of rotatable bonds is 12. The molecule has 1 aliphatic carbocycles. The van der Waals surface area contributed by atoms with Gasteiger partial charge in [-0.15, -0.1) is 0 Å². The van der Waals surface area contributed by atoms with Gasteiger partial charge in [-0.1, -0.05) is 6.07 Å². The lowest BCUT2D eigenvalue weighted by atomic mass is 10.1. The molecule has 0 bridgehead atoms. The number of carboxylic acid groups (broad SMARTS) is 1. The molecule has 0 unspecified atom stereocenters. The fourth-order valence-electron chi connectivity index (χ4n) is 5.94. The molecule has 16 nitrogen and oxygen atoms in total. The van der Waals surface area contributed by atoms with Crippen LogP contribution in [0, 0.1) is 5.82 Å². The Morgan fingerprint density at radius 1 is 1.04 bits per heavy atom.